The van der Waals surface area contributed by atoms with E-state index in [1.165, 1.54) is 12.1 Å². The number of phenolic OH excluding ortho intramolecular Hbond substituents is 1. The molecular weight excluding hydrogens is 213 g/mol. The molecule has 1 aliphatic rings. The fraction of sp³-hybridized carbons (Fsp3) is 0.364. The molecular formula is C11H12FNO3. The first-order valence-corrected chi connectivity index (χ1v) is 4.94. The van der Waals surface area contributed by atoms with Crippen molar-refractivity contribution >= 4 is 5.97 Å². The Bertz CT molecular complexity index is 441. The van der Waals surface area contributed by atoms with E-state index in [1.54, 1.807) is 0 Å². The monoisotopic (exact) mass is 225 g/mol. The predicted octanol–water partition coefficient (Wildman–Crippen LogP) is 0.975. The molecule has 0 unspecified atom stereocenters. The highest BCUT2D eigenvalue weighted by Crippen LogP contribution is 2.44. The number of aliphatic carboxylic acids is 1. The standard InChI is InChI=1S/C11H12FNO3/c12-9-3-7(14)1-2-8(9)11(10(15)16)4-6(13)5-11/h1-3,6,14H,4-5,13H2,(H,15,16). The SMILES string of the molecule is NC1CC(C(=O)O)(c2ccc(O)cc2F)C1. The molecule has 1 fully saturated rings. The van der Waals surface area contributed by atoms with Crippen LogP contribution in [0.3, 0.4) is 0 Å². The average molecular weight is 225 g/mol. The molecule has 0 aliphatic heterocycles. The van der Waals surface area contributed by atoms with Crippen molar-refractivity contribution in [3.05, 3.63) is 29.6 Å². The smallest absolute Gasteiger partial charge is 0.314 e. The third kappa shape index (κ3) is 1.44. The number of aromatic hydroxyl groups is 1. The first-order chi connectivity index (χ1) is 7.45. The molecule has 16 heavy (non-hydrogen) atoms. The minimum absolute atomic E-state index is 0.0968. The molecule has 0 bridgehead atoms. The van der Waals surface area contributed by atoms with Crippen LogP contribution in [0.15, 0.2) is 18.2 Å². The molecule has 1 aliphatic carbocycles. The van der Waals surface area contributed by atoms with Gasteiger partial charge in [0.25, 0.3) is 0 Å². The van der Waals surface area contributed by atoms with Gasteiger partial charge >= 0.3 is 5.97 Å². The van der Waals surface area contributed by atoms with Crippen molar-refractivity contribution in [1.82, 2.24) is 0 Å². The number of carbonyl (C=O) groups is 1. The van der Waals surface area contributed by atoms with Crippen LogP contribution in [0.4, 0.5) is 4.39 Å². The molecule has 0 spiro atoms. The lowest BCUT2D eigenvalue weighted by molar-refractivity contribution is -0.148. The van der Waals surface area contributed by atoms with Crippen molar-refractivity contribution in [2.75, 3.05) is 0 Å². The van der Waals surface area contributed by atoms with Crippen molar-refractivity contribution in [2.45, 2.75) is 24.3 Å². The van der Waals surface area contributed by atoms with Crippen LogP contribution in [-0.2, 0) is 10.2 Å². The molecule has 4 N–H and O–H groups in total. The Morgan fingerprint density at radius 1 is 1.50 bits per heavy atom. The first-order valence-electron chi connectivity index (χ1n) is 4.94. The molecule has 0 heterocycles. The van der Waals surface area contributed by atoms with Gasteiger partial charge in [-0.25, -0.2) is 4.39 Å². The number of hydrogen-bond acceptors (Lipinski definition) is 3. The van der Waals surface area contributed by atoms with E-state index in [2.05, 4.69) is 0 Å². The number of nitrogens with two attached hydrogens (primary N) is 1. The molecule has 0 aromatic heterocycles. The van der Waals surface area contributed by atoms with Gasteiger partial charge in [0.2, 0.25) is 0 Å². The molecule has 1 aromatic rings. The lowest BCUT2D eigenvalue weighted by Crippen LogP contribution is -2.54. The van der Waals surface area contributed by atoms with E-state index in [4.69, 9.17) is 15.9 Å². The number of carboxylic acids is 1. The highest BCUT2D eigenvalue weighted by atomic mass is 19.1. The average Bonchev–Trinajstić information content (AvgIpc) is 2.12. The summed E-state index contributed by atoms with van der Waals surface area (Å²) in [5, 5.41) is 18.2. The maximum absolute atomic E-state index is 13.6. The van der Waals surface area contributed by atoms with Gasteiger partial charge in [-0.05, 0) is 18.9 Å². The Hall–Kier alpha value is -1.62. The minimum Gasteiger partial charge on any atom is -0.508 e. The Morgan fingerprint density at radius 3 is 2.56 bits per heavy atom. The van der Waals surface area contributed by atoms with Crippen molar-refractivity contribution in [3.63, 3.8) is 0 Å². The number of carboxylic acid groups (broad SMARTS) is 1. The van der Waals surface area contributed by atoms with E-state index in [0.29, 0.717) is 0 Å². The van der Waals surface area contributed by atoms with Gasteiger partial charge in [0.1, 0.15) is 11.6 Å². The van der Waals surface area contributed by atoms with Crippen molar-refractivity contribution in [1.29, 1.82) is 0 Å². The van der Waals surface area contributed by atoms with Crippen LogP contribution < -0.4 is 5.73 Å². The molecule has 0 amide bonds. The van der Waals surface area contributed by atoms with Gasteiger partial charge in [0, 0.05) is 17.7 Å². The normalized spacial score (nSPS) is 28.5. The molecule has 5 heteroatoms. The van der Waals surface area contributed by atoms with Gasteiger partial charge in [-0.2, -0.15) is 0 Å². The third-order valence-electron chi connectivity index (χ3n) is 3.10. The Balaban J connectivity index is 2.45. The van der Waals surface area contributed by atoms with E-state index >= 15 is 0 Å². The van der Waals surface area contributed by atoms with Crippen LogP contribution in [0, 0.1) is 5.82 Å². The maximum Gasteiger partial charge on any atom is 0.314 e. The number of halogens is 1. The van der Waals surface area contributed by atoms with E-state index in [-0.39, 0.29) is 30.2 Å². The van der Waals surface area contributed by atoms with Crippen LogP contribution in [-0.4, -0.2) is 22.2 Å². The summed E-state index contributed by atoms with van der Waals surface area (Å²) in [7, 11) is 0. The first kappa shape index (κ1) is 10.9. The van der Waals surface area contributed by atoms with Gasteiger partial charge in [-0.15, -0.1) is 0 Å². The zero-order valence-corrected chi connectivity index (χ0v) is 8.48. The third-order valence-corrected chi connectivity index (χ3v) is 3.10. The highest BCUT2D eigenvalue weighted by molar-refractivity contribution is 5.83. The Morgan fingerprint density at radius 2 is 2.12 bits per heavy atom. The van der Waals surface area contributed by atoms with Crippen LogP contribution in [0.2, 0.25) is 0 Å². The van der Waals surface area contributed by atoms with E-state index < -0.39 is 17.2 Å². The zero-order chi connectivity index (χ0) is 11.9. The number of hydrogen-bond donors (Lipinski definition) is 3. The fourth-order valence-corrected chi connectivity index (χ4v) is 2.24. The van der Waals surface area contributed by atoms with Crippen LogP contribution in [0.1, 0.15) is 18.4 Å². The summed E-state index contributed by atoms with van der Waals surface area (Å²) in [5.41, 5.74) is 4.45. The van der Waals surface area contributed by atoms with Crippen molar-refractivity contribution in [2.24, 2.45) is 5.73 Å². The second-order valence-electron chi connectivity index (χ2n) is 4.22. The van der Waals surface area contributed by atoms with Crippen LogP contribution >= 0.6 is 0 Å². The quantitative estimate of drug-likeness (QED) is 0.700. The van der Waals surface area contributed by atoms with Gasteiger partial charge in [-0.1, -0.05) is 6.07 Å². The van der Waals surface area contributed by atoms with Gasteiger partial charge < -0.3 is 15.9 Å². The topological polar surface area (TPSA) is 83.6 Å². The lowest BCUT2D eigenvalue weighted by atomic mass is 9.61. The summed E-state index contributed by atoms with van der Waals surface area (Å²) < 4.78 is 13.6. The van der Waals surface area contributed by atoms with Crippen molar-refractivity contribution in [3.8, 4) is 5.75 Å². The summed E-state index contributed by atoms with van der Waals surface area (Å²) >= 11 is 0. The Kier molecular flexibility index (Phi) is 2.35. The van der Waals surface area contributed by atoms with Gasteiger partial charge in [0.05, 0.1) is 5.41 Å². The van der Waals surface area contributed by atoms with E-state index in [0.717, 1.165) is 6.07 Å². The summed E-state index contributed by atoms with van der Waals surface area (Å²) in [6.07, 6.45) is 0.452. The molecule has 86 valence electrons. The number of benzene rings is 1. The molecule has 1 saturated carbocycles. The fourth-order valence-electron chi connectivity index (χ4n) is 2.24. The van der Waals surface area contributed by atoms with E-state index in [9.17, 15) is 9.18 Å². The predicted molar refractivity (Wildman–Crippen MR) is 54.6 cm³/mol. The molecule has 0 saturated heterocycles. The van der Waals surface area contributed by atoms with Gasteiger partial charge in [0.15, 0.2) is 0 Å². The summed E-state index contributed by atoms with van der Waals surface area (Å²) in [6.45, 7) is 0. The molecule has 1 aromatic carbocycles. The summed E-state index contributed by atoms with van der Waals surface area (Å²) in [5.74, 6) is -1.99. The van der Waals surface area contributed by atoms with Crippen molar-refractivity contribution < 1.29 is 19.4 Å². The second-order valence-corrected chi connectivity index (χ2v) is 4.22. The number of phenols is 1. The van der Waals surface area contributed by atoms with E-state index in [1.807, 2.05) is 0 Å². The zero-order valence-electron chi connectivity index (χ0n) is 8.48. The maximum atomic E-state index is 13.6. The van der Waals surface area contributed by atoms with Crippen LogP contribution in [0.5, 0.6) is 5.75 Å². The van der Waals surface area contributed by atoms with Gasteiger partial charge in [-0.3, -0.25) is 4.79 Å². The molecule has 0 atom stereocenters. The Labute approximate surface area is 91.5 Å². The second kappa shape index (κ2) is 3.45. The van der Waals surface area contributed by atoms with Crippen LogP contribution in [0.25, 0.3) is 0 Å². The number of rotatable bonds is 2. The lowest BCUT2D eigenvalue weighted by Gasteiger charge is -2.43. The summed E-state index contributed by atoms with van der Waals surface area (Å²) in [4.78, 5) is 11.2. The largest absolute Gasteiger partial charge is 0.508 e. The molecule has 0 radical (unpaired) electrons. The summed E-state index contributed by atoms with van der Waals surface area (Å²) in [6, 6.07) is 3.31. The highest BCUT2D eigenvalue weighted by Gasteiger charge is 2.51. The minimum atomic E-state index is -1.22. The molecule has 2 rings (SSSR count). The molecule has 4 nitrogen and oxygen atoms in total.